The summed E-state index contributed by atoms with van der Waals surface area (Å²) >= 11 is 6.05. The molecule has 0 aliphatic carbocycles. The van der Waals surface area contributed by atoms with Crippen LogP contribution in [0.4, 0.5) is 5.69 Å². The maximum Gasteiger partial charge on any atom is 0.120 e. The predicted octanol–water partition coefficient (Wildman–Crippen LogP) is 5.61. The van der Waals surface area contributed by atoms with Gasteiger partial charge in [-0.15, -0.1) is 0 Å². The summed E-state index contributed by atoms with van der Waals surface area (Å²) in [6, 6.07) is 14.3. The molecule has 0 fully saturated rings. The van der Waals surface area contributed by atoms with Crippen molar-refractivity contribution in [3.8, 4) is 5.75 Å². The first kappa shape index (κ1) is 15.7. The number of ether oxygens (including phenoxy) is 1. The number of aryl methyl sites for hydroxylation is 1. The van der Waals surface area contributed by atoms with Crippen molar-refractivity contribution in [2.45, 2.75) is 39.8 Å². The Labute approximate surface area is 132 Å². The fourth-order valence-corrected chi connectivity index (χ4v) is 2.43. The summed E-state index contributed by atoms with van der Waals surface area (Å²) in [5, 5.41) is 4.28. The molecule has 1 N–H and O–H groups in total. The normalized spacial score (nSPS) is 12.3. The number of hydrogen-bond acceptors (Lipinski definition) is 2. The Morgan fingerprint density at radius 3 is 2.43 bits per heavy atom. The molecule has 0 aromatic heterocycles. The van der Waals surface area contributed by atoms with Crippen LogP contribution in [0.2, 0.25) is 5.02 Å². The van der Waals surface area contributed by atoms with Gasteiger partial charge in [-0.2, -0.15) is 0 Å². The van der Waals surface area contributed by atoms with Crippen molar-refractivity contribution in [3.05, 3.63) is 58.6 Å². The average molecular weight is 304 g/mol. The molecule has 0 aliphatic heterocycles. The van der Waals surface area contributed by atoms with E-state index in [4.69, 9.17) is 16.3 Å². The average Bonchev–Trinajstić information content (AvgIpc) is 2.41. The number of nitrogens with one attached hydrogen (secondary N) is 1. The summed E-state index contributed by atoms with van der Waals surface area (Å²) in [6.45, 7) is 8.27. The first-order valence-electron chi connectivity index (χ1n) is 7.25. The van der Waals surface area contributed by atoms with E-state index in [2.05, 4.69) is 37.4 Å². The number of benzene rings is 2. The van der Waals surface area contributed by atoms with Gasteiger partial charge in [0.05, 0.1) is 6.10 Å². The molecule has 2 aromatic rings. The van der Waals surface area contributed by atoms with Crippen LogP contribution in [-0.2, 0) is 0 Å². The van der Waals surface area contributed by atoms with Gasteiger partial charge in [-0.25, -0.2) is 0 Å². The minimum Gasteiger partial charge on any atom is -0.491 e. The largest absolute Gasteiger partial charge is 0.491 e. The Morgan fingerprint density at radius 1 is 1.05 bits per heavy atom. The van der Waals surface area contributed by atoms with E-state index in [1.807, 2.05) is 38.1 Å². The molecule has 21 heavy (non-hydrogen) atoms. The van der Waals surface area contributed by atoms with Crippen molar-refractivity contribution in [3.63, 3.8) is 0 Å². The van der Waals surface area contributed by atoms with Crippen LogP contribution in [0, 0.1) is 6.92 Å². The van der Waals surface area contributed by atoms with Gasteiger partial charge < -0.3 is 10.1 Å². The fraction of sp³-hybridized carbons (Fsp3) is 0.333. The lowest BCUT2D eigenvalue weighted by Gasteiger charge is -2.19. The van der Waals surface area contributed by atoms with E-state index in [1.165, 1.54) is 11.1 Å². The lowest BCUT2D eigenvalue weighted by molar-refractivity contribution is 0.242. The minimum absolute atomic E-state index is 0.189. The molecule has 1 atom stereocenters. The number of hydrogen-bond donors (Lipinski definition) is 1. The molecule has 0 heterocycles. The second-order valence-corrected chi connectivity index (χ2v) is 6.00. The minimum atomic E-state index is 0.189. The third-order valence-corrected chi connectivity index (χ3v) is 3.53. The van der Waals surface area contributed by atoms with Crippen LogP contribution >= 0.6 is 11.6 Å². The van der Waals surface area contributed by atoms with Crippen molar-refractivity contribution in [2.75, 3.05) is 5.32 Å². The Morgan fingerprint density at radius 2 is 1.81 bits per heavy atom. The van der Waals surface area contributed by atoms with E-state index in [-0.39, 0.29) is 12.1 Å². The molecule has 0 spiro atoms. The van der Waals surface area contributed by atoms with Gasteiger partial charge in [0.1, 0.15) is 5.75 Å². The first-order valence-corrected chi connectivity index (χ1v) is 7.63. The summed E-state index contributed by atoms with van der Waals surface area (Å²) in [6.07, 6.45) is 0.189. The summed E-state index contributed by atoms with van der Waals surface area (Å²) < 4.78 is 5.71. The van der Waals surface area contributed by atoms with Crippen LogP contribution in [0.3, 0.4) is 0 Å². The summed E-state index contributed by atoms with van der Waals surface area (Å²) in [5.74, 6) is 0.906. The van der Waals surface area contributed by atoms with Gasteiger partial charge in [0, 0.05) is 16.8 Å². The van der Waals surface area contributed by atoms with E-state index in [0.717, 1.165) is 16.5 Å². The highest BCUT2D eigenvalue weighted by Crippen LogP contribution is 2.27. The monoisotopic (exact) mass is 303 g/mol. The molecule has 0 saturated carbocycles. The van der Waals surface area contributed by atoms with Gasteiger partial charge in [0.15, 0.2) is 0 Å². The Hall–Kier alpha value is -1.67. The summed E-state index contributed by atoms with van der Waals surface area (Å²) in [5.41, 5.74) is 3.45. The number of rotatable bonds is 5. The third kappa shape index (κ3) is 4.40. The molecule has 112 valence electrons. The highest BCUT2D eigenvalue weighted by atomic mass is 35.5. The topological polar surface area (TPSA) is 21.3 Å². The Bertz CT molecular complexity index is 610. The van der Waals surface area contributed by atoms with Crippen molar-refractivity contribution in [1.82, 2.24) is 0 Å². The molecule has 0 radical (unpaired) electrons. The second-order valence-electron chi connectivity index (χ2n) is 5.56. The van der Waals surface area contributed by atoms with Crippen molar-refractivity contribution >= 4 is 17.3 Å². The fourth-order valence-electron chi connectivity index (χ4n) is 2.24. The van der Waals surface area contributed by atoms with Crippen LogP contribution in [0.5, 0.6) is 5.75 Å². The Balaban J connectivity index is 2.12. The maximum absolute atomic E-state index is 6.05. The summed E-state index contributed by atoms with van der Waals surface area (Å²) in [4.78, 5) is 0. The second kappa shape index (κ2) is 6.86. The molecule has 2 nitrogen and oxygen atoms in total. The van der Waals surface area contributed by atoms with Crippen LogP contribution in [0.25, 0.3) is 0 Å². The van der Waals surface area contributed by atoms with E-state index in [1.54, 1.807) is 0 Å². The van der Waals surface area contributed by atoms with Crippen molar-refractivity contribution < 1.29 is 4.74 Å². The standard InChI is InChI=1S/C18H22ClNO/c1-12(2)21-17-8-9-18(13(3)10-17)20-14(4)15-6-5-7-16(19)11-15/h5-12,14,20H,1-4H3. The van der Waals surface area contributed by atoms with Crippen LogP contribution in [0.1, 0.15) is 37.9 Å². The predicted molar refractivity (Wildman–Crippen MR) is 90.4 cm³/mol. The molecule has 0 aliphatic rings. The zero-order valence-corrected chi connectivity index (χ0v) is 13.7. The lowest BCUT2D eigenvalue weighted by atomic mass is 10.1. The molecular weight excluding hydrogens is 282 g/mol. The van der Waals surface area contributed by atoms with Gasteiger partial charge in [-0.05, 0) is 69.2 Å². The highest BCUT2D eigenvalue weighted by Gasteiger charge is 2.08. The quantitative estimate of drug-likeness (QED) is 0.775. The van der Waals surface area contributed by atoms with E-state index < -0.39 is 0 Å². The first-order chi connectivity index (χ1) is 9.95. The zero-order valence-electron chi connectivity index (χ0n) is 13.0. The van der Waals surface area contributed by atoms with Crippen molar-refractivity contribution in [1.29, 1.82) is 0 Å². The molecule has 2 aromatic carbocycles. The van der Waals surface area contributed by atoms with Gasteiger partial charge in [-0.1, -0.05) is 23.7 Å². The van der Waals surface area contributed by atoms with E-state index in [0.29, 0.717) is 0 Å². The molecule has 0 saturated heterocycles. The lowest BCUT2D eigenvalue weighted by Crippen LogP contribution is -2.09. The van der Waals surface area contributed by atoms with Crippen LogP contribution in [0.15, 0.2) is 42.5 Å². The molecular formula is C18H22ClNO. The molecule has 0 bridgehead atoms. The maximum atomic E-state index is 6.05. The molecule has 1 unspecified atom stereocenters. The summed E-state index contributed by atoms with van der Waals surface area (Å²) in [7, 11) is 0. The molecule has 3 heteroatoms. The van der Waals surface area contributed by atoms with Gasteiger partial charge >= 0.3 is 0 Å². The molecule has 0 amide bonds. The van der Waals surface area contributed by atoms with Gasteiger partial charge in [-0.3, -0.25) is 0 Å². The number of halogens is 1. The highest BCUT2D eigenvalue weighted by molar-refractivity contribution is 6.30. The van der Waals surface area contributed by atoms with E-state index >= 15 is 0 Å². The van der Waals surface area contributed by atoms with Gasteiger partial charge in [0.25, 0.3) is 0 Å². The third-order valence-electron chi connectivity index (χ3n) is 3.29. The van der Waals surface area contributed by atoms with E-state index in [9.17, 15) is 0 Å². The Kier molecular flexibility index (Phi) is 5.13. The SMILES string of the molecule is Cc1cc(OC(C)C)ccc1NC(C)c1cccc(Cl)c1. The van der Waals surface area contributed by atoms with Crippen LogP contribution < -0.4 is 10.1 Å². The van der Waals surface area contributed by atoms with Crippen LogP contribution in [-0.4, -0.2) is 6.10 Å². The van der Waals surface area contributed by atoms with Crippen molar-refractivity contribution in [2.24, 2.45) is 0 Å². The van der Waals surface area contributed by atoms with Gasteiger partial charge in [0.2, 0.25) is 0 Å². The molecule has 2 rings (SSSR count). The smallest absolute Gasteiger partial charge is 0.120 e. The number of anilines is 1. The zero-order chi connectivity index (χ0) is 15.4.